The number of nitrogens with zero attached hydrogens (tertiary/aromatic N) is 2. The van der Waals surface area contributed by atoms with Crippen LogP contribution in [0.3, 0.4) is 0 Å². The summed E-state index contributed by atoms with van der Waals surface area (Å²) in [6.07, 6.45) is 0. The number of carbonyl (C=O) groups is 1. The van der Waals surface area contributed by atoms with Crippen molar-refractivity contribution < 1.29 is 14.7 Å². The number of methoxy groups -OCH3 is 1. The van der Waals surface area contributed by atoms with Crippen LogP contribution < -0.4 is 4.74 Å². The zero-order chi connectivity index (χ0) is 11.3. The Bertz CT molecular complexity index is 446. The standard InChI is InChI=1S/C10H8N2O3/c1-15-8-4-2-3-7(5-8)10(13)9(6-11)12-14/h2-5,14H,1H3/b12-9-. The lowest BCUT2D eigenvalue weighted by Crippen LogP contribution is -2.12. The summed E-state index contributed by atoms with van der Waals surface area (Å²) in [6, 6.07) is 7.74. The third-order valence-electron chi connectivity index (χ3n) is 1.75. The highest BCUT2D eigenvalue weighted by atomic mass is 16.5. The lowest BCUT2D eigenvalue weighted by Gasteiger charge is -2.01. The minimum atomic E-state index is -0.640. The Hall–Kier alpha value is -2.35. The van der Waals surface area contributed by atoms with Crippen LogP contribution in [-0.2, 0) is 0 Å². The third-order valence-corrected chi connectivity index (χ3v) is 1.75. The molecule has 0 heterocycles. The number of Topliss-reactive ketones (excluding diaryl/α,β-unsaturated/α-hetero) is 1. The van der Waals surface area contributed by atoms with Gasteiger partial charge in [-0.1, -0.05) is 17.3 Å². The normalized spacial score (nSPS) is 10.5. The largest absolute Gasteiger partial charge is 0.497 e. The highest BCUT2D eigenvalue weighted by molar-refractivity contribution is 6.51. The summed E-state index contributed by atoms with van der Waals surface area (Å²) in [5, 5.41) is 19.5. The highest BCUT2D eigenvalue weighted by Crippen LogP contribution is 2.13. The van der Waals surface area contributed by atoms with Gasteiger partial charge in [0.25, 0.3) is 0 Å². The molecule has 0 saturated heterocycles. The lowest BCUT2D eigenvalue weighted by atomic mass is 10.1. The first-order chi connectivity index (χ1) is 7.22. The third kappa shape index (κ3) is 2.31. The fraction of sp³-hybridized carbons (Fsp3) is 0.100. The van der Waals surface area contributed by atoms with E-state index in [1.807, 2.05) is 0 Å². The zero-order valence-corrected chi connectivity index (χ0v) is 7.97. The smallest absolute Gasteiger partial charge is 0.227 e. The van der Waals surface area contributed by atoms with Crippen LogP contribution in [0.2, 0.25) is 0 Å². The predicted molar refractivity (Wildman–Crippen MR) is 52.2 cm³/mol. The van der Waals surface area contributed by atoms with Crippen LogP contribution >= 0.6 is 0 Å². The van der Waals surface area contributed by atoms with E-state index in [1.165, 1.54) is 25.3 Å². The van der Waals surface area contributed by atoms with Gasteiger partial charge in [-0.2, -0.15) is 5.26 Å². The van der Waals surface area contributed by atoms with E-state index in [9.17, 15) is 4.79 Å². The van der Waals surface area contributed by atoms with Gasteiger partial charge in [-0.3, -0.25) is 4.79 Å². The number of nitriles is 1. The molecule has 0 spiro atoms. The molecule has 0 bridgehead atoms. The molecule has 0 fully saturated rings. The van der Waals surface area contributed by atoms with Gasteiger partial charge in [0.1, 0.15) is 11.8 Å². The highest BCUT2D eigenvalue weighted by Gasteiger charge is 2.14. The second kappa shape index (κ2) is 4.77. The quantitative estimate of drug-likeness (QED) is 0.347. The molecule has 0 unspecified atom stereocenters. The number of ether oxygens (including phenoxy) is 1. The van der Waals surface area contributed by atoms with Crippen LogP contribution in [0.4, 0.5) is 0 Å². The summed E-state index contributed by atoms with van der Waals surface area (Å²) < 4.78 is 4.91. The number of hydrogen-bond donors (Lipinski definition) is 1. The molecule has 0 atom stereocenters. The number of ketones is 1. The van der Waals surface area contributed by atoms with Crippen molar-refractivity contribution in [1.82, 2.24) is 0 Å². The molecule has 5 nitrogen and oxygen atoms in total. The minimum Gasteiger partial charge on any atom is -0.497 e. The lowest BCUT2D eigenvalue weighted by molar-refractivity contribution is 0.106. The molecule has 1 rings (SSSR count). The molecular formula is C10H8N2O3. The fourth-order valence-corrected chi connectivity index (χ4v) is 1.02. The number of oxime groups is 1. The summed E-state index contributed by atoms with van der Waals surface area (Å²) in [6.45, 7) is 0. The van der Waals surface area contributed by atoms with E-state index in [0.29, 0.717) is 5.75 Å². The Morgan fingerprint density at radius 1 is 1.60 bits per heavy atom. The maximum Gasteiger partial charge on any atom is 0.227 e. The van der Waals surface area contributed by atoms with E-state index in [1.54, 1.807) is 12.1 Å². The van der Waals surface area contributed by atoms with Gasteiger partial charge < -0.3 is 9.94 Å². The van der Waals surface area contributed by atoms with Crippen molar-refractivity contribution in [3.63, 3.8) is 0 Å². The average molecular weight is 204 g/mol. The van der Waals surface area contributed by atoms with Crippen LogP contribution in [0, 0.1) is 11.3 Å². The molecule has 1 aromatic carbocycles. The molecule has 0 saturated carbocycles. The fourth-order valence-electron chi connectivity index (χ4n) is 1.02. The molecule has 1 aromatic rings. The van der Waals surface area contributed by atoms with Crippen molar-refractivity contribution in [2.45, 2.75) is 0 Å². The molecule has 0 aliphatic carbocycles. The molecule has 0 radical (unpaired) electrons. The second-order valence-corrected chi connectivity index (χ2v) is 2.62. The van der Waals surface area contributed by atoms with E-state index < -0.39 is 11.5 Å². The van der Waals surface area contributed by atoms with Gasteiger partial charge in [0.2, 0.25) is 11.5 Å². The Balaban J connectivity index is 3.07. The van der Waals surface area contributed by atoms with Crippen LogP contribution in [-0.4, -0.2) is 23.8 Å². The molecule has 5 heteroatoms. The summed E-state index contributed by atoms with van der Waals surface area (Å²) in [5.41, 5.74) is -0.313. The molecule has 0 aliphatic rings. The summed E-state index contributed by atoms with van der Waals surface area (Å²) >= 11 is 0. The number of benzene rings is 1. The molecule has 76 valence electrons. The van der Waals surface area contributed by atoms with E-state index in [2.05, 4.69) is 5.16 Å². The number of hydrogen-bond acceptors (Lipinski definition) is 5. The molecule has 1 N–H and O–H groups in total. The minimum absolute atomic E-state index is 0.240. The van der Waals surface area contributed by atoms with Gasteiger partial charge in [0, 0.05) is 5.56 Å². The first-order valence-electron chi connectivity index (χ1n) is 4.04. The van der Waals surface area contributed by atoms with Gasteiger partial charge in [-0.15, -0.1) is 0 Å². The molecule has 0 aromatic heterocycles. The van der Waals surface area contributed by atoms with Gasteiger partial charge in [0.05, 0.1) is 7.11 Å². The zero-order valence-electron chi connectivity index (χ0n) is 7.97. The van der Waals surface area contributed by atoms with Gasteiger partial charge in [-0.25, -0.2) is 0 Å². The Kier molecular flexibility index (Phi) is 3.41. The van der Waals surface area contributed by atoms with Crippen LogP contribution in [0.15, 0.2) is 29.4 Å². The summed E-state index contributed by atoms with van der Waals surface area (Å²) in [7, 11) is 1.47. The van der Waals surface area contributed by atoms with E-state index >= 15 is 0 Å². The maximum atomic E-state index is 11.5. The first kappa shape index (κ1) is 10.7. The molecular weight excluding hydrogens is 196 g/mol. The second-order valence-electron chi connectivity index (χ2n) is 2.62. The van der Waals surface area contributed by atoms with Gasteiger partial charge in [-0.05, 0) is 12.1 Å². The average Bonchev–Trinajstić information content (AvgIpc) is 2.30. The molecule has 15 heavy (non-hydrogen) atoms. The van der Waals surface area contributed by atoms with Crippen molar-refractivity contribution in [2.75, 3.05) is 7.11 Å². The number of carbonyl (C=O) groups excluding carboxylic acids is 1. The monoisotopic (exact) mass is 204 g/mol. The molecule has 0 amide bonds. The van der Waals surface area contributed by atoms with Crippen molar-refractivity contribution in [3.05, 3.63) is 29.8 Å². The Morgan fingerprint density at radius 2 is 2.33 bits per heavy atom. The van der Waals surface area contributed by atoms with Crippen molar-refractivity contribution in [3.8, 4) is 11.8 Å². The van der Waals surface area contributed by atoms with Crippen LogP contribution in [0.1, 0.15) is 10.4 Å². The topological polar surface area (TPSA) is 82.7 Å². The van der Waals surface area contributed by atoms with E-state index in [4.69, 9.17) is 15.2 Å². The summed E-state index contributed by atoms with van der Waals surface area (Å²) in [5.74, 6) is -0.144. The van der Waals surface area contributed by atoms with E-state index in [-0.39, 0.29) is 5.56 Å². The van der Waals surface area contributed by atoms with Crippen molar-refractivity contribution >= 4 is 11.5 Å². The Morgan fingerprint density at radius 3 is 2.87 bits per heavy atom. The number of rotatable bonds is 3. The first-order valence-corrected chi connectivity index (χ1v) is 4.04. The predicted octanol–water partition coefficient (Wildman–Crippen LogP) is 1.23. The van der Waals surface area contributed by atoms with Crippen molar-refractivity contribution in [2.24, 2.45) is 5.16 Å². The van der Waals surface area contributed by atoms with Gasteiger partial charge in [0.15, 0.2) is 0 Å². The Labute approximate surface area is 86.2 Å². The van der Waals surface area contributed by atoms with Crippen LogP contribution in [0.5, 0.6) is 5.75 Å². The van der Waals surface area contributed by atoms with Crippen molar-refractivity contribution in [1.29, 1.82) is 5.26 Å². The van der Waals surface area contributed by atoms with Gasteiger partial charge >= 0.3 is 0 Å². The van der Waals surface area contributed by atoms with Crippen LogP contribution in [0.25, 0.3) is 0 Å². The summed E-state index contributed by atoms with van der Waals surface area (Å²) in [4.78, 5) is 11.5. The maximum absolute atomic E-state index is 11.5. The van der Waals surface area contributed by atoms with E-state index in [0.717, 1.165) is 0 Å². The SMILES string of the molecule is COc1cccc(C(=O)/C(C#N)=N\O)c1. The molecule has 0 aliphatic heterocycles.